The molecule has 104 valence electrons. The summed E-state index contributed by atoms with van der Waals surface area (Å²) in [4.78, 5) is 0. The second-order valence-corrected chi connectivity index (χ2v) is 4.87. The molecule has 0 saturated carbocycles. The predicted molar refractivity (Wildman–Crippen MR) is 77.0 cm³/mol. The lowest BCUT2D eigenvalue weighted by Crippen LogP contribution is -2.19. The van der Waals surface area contributed by atoms with Gasteiger partial charge in [0.1, 0.15) is 17.6 Å². The van der Waals surface area contributed by atoms with E-state index in [1.54, 1.807) is 0 Å². The Morgan fingerprint density at radius 1 is 1.10 bits per heavy atom. The highest BCUT2D eigenvalue weighted by molar-refractivity contribution is 5.41. The molecule has 0 spiro atoms. The zero-order valence-electron chi connectivity index (χ0n) is 11.5. The van der Waals surface area contributed by atoms with E-state index >= 15 is 0 Å². The van der Waals surface area contributed by atoms with Gasteiger partial charge in [0.15, 0.2) is 0 Å². The average molecular weight is 270 g/mol. The normalized spacial score (nSPS) is 20.9. The first-order valence-electron chi connectivity index (χ1n) is 6.95. The summed E-state index contributed by atoms with van der Waals surface area (Å²) in [5, 5.41) is 10.3. The van der Waals surface area contributed by atoms with Gasteiger partial charge in [0.25, 0.3) is 0 Å². The summed E-state index contributed by atoms with van der Waals surface area (Å²) >= 11 is 0. The Labute approximate surface area is 118 Å². The molecule has 0 amide bonds. The molecule has 20 heavy (non-hydrogen) atoms. The zero-order chi connectivity index (χ0) is 13.9. The highest BCUT2D eigenvalue weighted by Gasteiger charge is 2.29. The lowest BCUT2D eigenvalue weighted by atomic mass is 9.94. The average Bonchev–Trinajstić information content (AvgIpc) is 2.48. The second kappa shape index (κ2) is 5.55. The number of hydrogen-bond donors (Lipinski definition) is 1. The van der Waals surface area contributed by atoms with Gasteiger partial charge in [-0.25, -0.2) is 0 Å². The van der Waals surface area contributed by atoms with E-state index in [2.05, 4.69) is 0 Å². The van der Waals surface area contributed by atoms with Crippen LogP contribution in [0.4, 0.5) is 0 Å². The fourth-order valence-corrected chi connectivity index (χ4v) is 2.62. The number of aliphatic hydroxyl groups is 1. The number of hydrogen-bond acceptors (Lipinski definition) is 3. The summed E-state index contributed by atoms with van der Waals surface area (Å²) in [5.74, 6) is 1.58. The molecular formula is C17H18O3. The smallest absolute Gasteiger partial charge is 0.130 e. The molecule has 3 nitrogen and oxygen atoms in total. The quantitative estimate of drug-likeness (QED) is 0.925. The maximum absolute atomic E-state index is 10.3. The molecule has 3 heteroatoms. The van der Waals surface area contributed by atoms with Crippen LogP contribution >= 0.6 is 0 Å². The van der Waals surface area contributed by atoms with Gasteiger partial charge in [0.05, 0.1) is 12.7 Å². The van der Waals surface area contributed by atoms with E-state index in [4.69, 9.17) is 9.47 Å². The number of para-hydroxylation sites is 2. The molecule has 1 aliphatic rings. The SMILES string of the molecule is CCOc1ccccc1C1CC(O)c2ccccc2O1. The van der Waals surface area contributed by atoms with Crippen molar-refractivity contribution in [2.75, 3.05) is 6.61 Å². The maximum Gasteiger partial charge on any atom is 0.130 e. The molecule has 2 aromatic rings. The summed E-state index contributed by atoms with van der Waals surface area (Å²) in [6.07, 6.45) is -0.136. The van der Waals surface area contributed by atoms with Crippen LogP contribution in [0.25, 0.3) is 0 Å². The van der Waals surface area contributed by atoms with E-state index in [0.717, 1.165) is 22.6 Å². The molecular weight excluding hydrogens is 252 g/mol. The maximum atomic E-state index is 10.3. The first-order valence-corrected chi connectivity index (χ1v) is 6.95. The molecule has 2 aromatic carbocycles. The minimum Gasteiger partial charge on any atom is -0.493 e. The number of ether oxygens (including phenoxy) is 2. The molecule has 0 fully saturated rings. The van der Waals surface area contributed by atoms with E-state index in [-0.39, 0.29) is 6.10 Å². The van der Waals surface area contributed by atoms with Crippen molar-refractivity contribution in [3.8, 4) is 11.5 Å². The Kier molecular flexibility index (Phi) is 3.61. The molecule has 0 radical (unpaired) electrons. The standard InChI is InChI=1S/C17H18O3/c1-2-19-15-9-5-4-8-13(15)17-11-14(18)12-7-3-6-10-16(12)20-17/h3-10,14,17-18H,2,11H2,1H3. The van der Waals surface area contributed by atoms with Crippen LogP contribution in [0.15, 0.2) is 48.5 Å². The fraction of sp³-hybridized carbons (Fsp3) is 0.294. The molecule has 0 aromatic heterocycles. The monoisotopic (exact) mass is 270 g/mol. The summed E-state index contributed by atoms with van der Waals surface area (Å²) in [6, 6.07) is 15.5. The van der Waals surface area contributed by atoms with Gasteiger partial charge in [-0.2, -0.15) is 0 Å². The van der Waals surface area contributed by atoms with Crippen molar-refractivity contribution in [2.24, 2.45) is 0 Å². The third-order valence-electron chi connectivity index (χ3n) is 3.55. The van der Waals surface area contributed by atoms with Crippen LogP contribution in [0, 0.1) is 0 Å². The van der Waals surface area contributed by atoms with Gasteiger partial charge >= 0.3 is 0 Å². The molecule has 2 unspecified atom stereocenters. The lowest BCUT2D eigenvalue weighted by Gasteiger charge is -2.30. The summed E-state index contributed by atoms with van der Waals surface area (Å²) in [6.45, 7) is 2.57. The molecule has 1 aliphatic heterocycles. The van der Waals surface area contributed by atoms with Crippen LogP contribution < -0.4 is 9.47 Å². The van der Waals surface area contributed by atoms with E-state index < -0.39 is 6.10 Å². The highest BCUT2D eigenvalue weighted by Crippen LogP contribution is 2.42. The predicted octanol–water partition coefficient (Wildman–Crippen LogP) is 3.64. The Bertz CT molecular complexity index is 594. The van der Waals surface area contributed by atoms with Crippen molar-refractivity contribution in [3.05, 3.63) is 59.7 Å². The largest absolute Gasteiger partial charge is 0.493 e. The van der Waals surface area contributed by atoms with Crippen molar-refractivity contribution >= 4 is 0 Å². The number of rotatable bonds is 3. The molecule has 0 bridgehead atoms. The van der Waals surface area contributed by atoms with Crippen molar-refractivity contribution in [1.29, 1.82) is 0 Å². The topological polar surface area (TPSA) is 38.7 Å². The summed E-state index contributed by atoms with van der Waals surface area (Å²) in [7, 11) is 0. The van der Waals surface area contributed by atoms with Gasteiger partial charge in [-0.1, -0.05) is 36.4 Å². The van der Waals surface area contributed by atoms with Crippen molar-refractivity contribution in [3.63, 3.8) is 0 Å². The molecule has 0 saturated heterocycles. The van der Waals surface area contributed by atoms with Crippen molar-refractivity contribution in [1.82, 2.24) is 0 Å². The minimum atomic E-state index is -0.500. The first-order chi connectivity index (χ1) is 9.79. The van der Waals surface area contributed by atoms with Gasteiger partial charge in [0.2, 0.25) is 0 Å². The minimum absolute atomic E-state index is 0.178. The van der Waals surface area contributed by atoms with Crippen LogP contribution in [0.5, 0.6) is 11.5 Å². The van der Waals surface area contributed by atoms with Crippen molar-refractivity contribution < 1.29 is 14.6 Å². The van der Waals surface area contributed by atoms with Crippen LogP contribution in [0.3, 0.4) is 0 Å². The van der Waals surface area contributed by atoms with Gasteiger partial charge < -0.3 is 14.6 Å². The summed E-state index contributed by atoms with van der Waals surface area (Å²) in [5.41, 5.74) is 1.85. The van der Waals surface area contributed by atoms with E-state index in [1.165, 1.54) is 0 Å². The number of aliphatic hydroxyl groups excluding tert-OH is 1. The van der Waals surface area contributed by atoms with Gasteiger partial charge in [-0.3, -0.25) is 0 Å². The van der Waals surface area contributed by atoms with Crippen LogP contribution in [0.2, 0.25) is 0 Å². The van der Waals surface area contributed by atoms with Crippen LogP contribution in [-0.2, 0) is 0 Å². The van der Waals surface area contributed by atoms with E-state index in [0.29, 0.717) is 13.0 Å². The molecule has 0 aliphatic carbocycles. The number of benzene rings is 2. The van der Waals surface area contributed by atoms with Gasteiger partial charge in [-0.15, -0.1) is 0 Å². The third kappa shape index (κ3) is 2.37. The van der Waals surface area contributed by atoms with Gasteiger partial charge in [-0.05, 0) is 19.1 Å². The van der Waals surface area contributed by atoms with Crippen LogP contribution in [-0.4, -0.2) is 11.7 Å². The second-order valence-electron chi connectivity index (χ2n) is 4.87. The Morgan fingerprint density at radius 2 is 1.80 bits per heavy atom. The number of fused-ring (bicyclic) bond motifs is 1. The Morgan fingerprint density at radius 3 is 2.60 bits per heavy atom. The Hall–Kier alpha value is -2.00. The first kappa shape index (κ1) is 13.0. The van der Waals surface area contributed by atoms with Gasteiger partial charge in [0, 0.05) is 17.5 Å². The highest BCUT2D eigenvalue weighted by atomic mass is 16.5. The lowest BCUT2D eigenvalue weighted by molar-refractivity contribution is 0.0642. The molecule has 1 N–H and O–H groups in total. The summed E-state index contributed by atoms with van der Waals surface area (Å²) < 4.78 is 11.7. The van der Waals surface area contributed by atoms with Crippen molar-refractivity contribution in [2.45, 2.75) is 25.6 Å². The van der Waals surface area contributed by atoms with E-state index in [9.17, 15) is 5.11 Å². The van der Waals surface area contributed by atoms with E-state index in [1.807, 2.05) is 55.5 Å². The zero-order valence-corrected chi connectivity index (χ0v) is 11.5. The Balaban J connectivity index is 1.94. The fourth-order valence-electron chi connectivity index (χ4n) is 2.62. The molecule has 3 rings (SSSR count). The van der Waals surface area contributed by atoms with Crippen LogP contribution in [0.1, 0.15) is 36.7 Å². The third-order valence-corrected chi connectivity index (χ3v) is 3.55. The molecule has 2 atom stereocenters. The molecule has 1 heterocycles.